The molecule has 0 spiro atoms. The molecule has 0 saturated heterocycles. The van der Waals surface area contributed by atoms with E-state index < -0.39 is 10.0 Å². The van der Waals surface area contributed by atoms with E-state index in [1.54, 1.807) is 17.1 Å². The van der Waals surface area contributed by atoms with Crippen molar-refractivity contribution >= 4 is 10.0 Å². The van der Waals surface area contributed by atoms with Gasteiger partial charge in [0.25, 0.3) is 0 Å². The number of nitriles is 1. The lowest BCUT2D eigenvalue weighted by Crippen LogP contribution is -2.23. The van der Waals surface area contributed by atoms with Crippen molar-refractivity contribution in [2.24, 2.45) is 7.05 Å². The number of hydrogen-bond acceptors (Lipinski definition) is 5. The summed E-state index contributed by atoms with van der Waals surface area (Å²) >= 11 is 0. The van der Waals surface area contributed by atoms with Gasteiger partial charge in [-0.2, -0.15) is 10.4 Å². The van der Waals surface area contributed by atoms with Gasteiger partial charge in [-0.15, -0.1) is 0 Å². The molecule has 126 valence electrons. The molecule has 3 aromatic rings. The second kappa shape index (κ2) is 6.84. The SMILES string of the molecule is Cn1cc(-c2ccc(CNS(=O)(=O)c3ccc(C#N)cc3)cn2)cn1. The van der Waals surface area contributed by atoms with Crippen LogP contribution in [0, 0.1) is 11.3 Å². The van der Waals surface area contributed by atoms with Gasteiger partial charge >= 0.3 is 0 Å². The molecular formula is C17H15N5O2S. The van der Waals surface area contributed by atoms with E-state index in [0.29, 0.717) is 5.56 Å². The summed E-state index contributed by atoms with van der Waals surface area (Å²) in [6.45, 7) is 0.128. The second-order valence-corrected chi connectivity index (χ2v) is 7.18. The zero-order valence-electron chi connectivity index (χ0n) is 13.4. The molecule has 1 aromatic carbocycles. The van der Waals surface area contributed by atoms with Crippen molar-refractivity contribution in [3.05, 3.63) is 66.1 Å². The highest BCUT2D eigenvalue weighted by Gasteiger charge is 2.13. The van der Waals surface area contributed by atoms with Crippen LogP contribution in [0.15, 0.2) is 59.9 Å². The summed E-state index contributed by atoms with van der Waals surface area (Å²) in [6, 6.07) is 11.3. The highest BCUT2D eigenvalue weighted by molar-refractivity contribution is 7.89. The number of hydrogen-bond donors (Lipinski definition) is 1. The van der Waals surface area contributed by atoms with Gasteiger partial charge < -0.3 is 0 Å². The summed E-state index contributed by atoms with van der Waals surface area (Å²) in [5.41, 5.74) is 2.82. The van der Waals surface area contributed by atoms with Gasteiger partial charge in [0.15, 0.2) is 0 Å². The molecule has 3 rings (SSSR count). The maximum Gasteiger partial charge on any atom is 0.240 e. The summed E-state index contributed by atoms with van der Waals surface area (Å²) in [6.07, 6.45) is 5.20. The Hall–Kier alpha value is -3.02. The van der Waals surface area contributed by atoms with E-state index in [9.17, 15) is 8.42 Å². The number of sulfonamides is 1. The van der Waals surface area contributed by atoms with Crippen molar-refractivity contribution in [3.8, 4) is 17.3 Å². The topological polar surface area (TPSA) is 101 Å². The van der Waals surface area contributed by atoms with E-state index in [4.69, 9.17) is 5.26 Å². The maximum absolute atomic E-state index is 12.3. The number of aromatic nitrogens is 3. The van der Waals surface area contributed by atoms with Crippen molar-refractivity contribution in [2.45, 2.75) is 11.4 Å². The Bertz CT molecular complexity index is 1020. The minimum Gasteiger partial charge on any atom is -0.275 e. The first-order chi connectivity index (χ1) is 12.0. The molecule has 0 radical (unpaired) electrons. The molecule has 0 aliphatic carbocycles. The maximum atomic E-state index is 12.3. The van der Waals surface area contributed by atoms with Crippen LogP contribution < -0.4 is 4.72 Å². The summed E-state index contributed by atoms with van der Waals surface area (Å²) in [5, 5.41) is 12.9. The Morgan fingerprint density at radius 2 is 1.92 bits per heavy atom. The van der Waals surface area contributed by atoms with Crippen LogP contribution in [0.4, 0.5) is 0 Å². The van der Waals surface area contributed by atoms with Crippen molar-refractivity contribution < 1.29 is 8.42 Å². The molecule has 25 heavy (non-hydrogen) atoms. The quantitative estimate of drug-likeness (QED) is 0.754. The first-order valence-electron chi connectivity index (χ1n) is 7.42. The molecule has 0 amide bonds. The minimum atomic E-state index is -3.64. The highest BCUT2D eigenvalue weighted by atomic mass is 32.2. The molecule has 0 aliphatic heterocycles. The van der Waals surface area contributed by atoms with Gasteiger partial charge in [-0.25, -0.2) is 13.1 Å². The van der Waals surface area contributed by atoms with Crippen LogP contribution >= 0.6 is 0 Å². The first-order valence-corrected chi connectivity index (χ1v) is 8.90. The lowest BCUT2D eigenvalue weighted by atomic mass is 10.2. The Labute approximate surface area is 145 Å². The van der Waals surface area contributed by atoms with E-state index in [0.717, 1.165) is 16.8 Å². The highest BCUT2D eigenvalue weighted by Crippen LogP contribution is 2.16. The number of nitrogens with zero attached hydrogens (tertiary/aromatic N) is 4. The number of rotatable bonds is 5. The molecular weight excluding hydrogens is 338 g/mol. The van der Waals surface area contributed by atoms with Crippen molar-refractivity contribution in [1.82, 2.24) is 19.5 Å². The number of nitrogens with one attached hydrogen (secondary N) is 1. The number of benzene rings is 1. The van der Waals surface area contributed by atoms with Gasteiger partial charge in [0, 0.05) is 31.5 Å². The fourth-order valence-electron chi connectivity index (χ4n) is 2.22. The fourth-order valence-corrected chi connectivity index (χ4v) is 3.24. The predicted molar refractivity (Wildman–Crippen MR) is 91.6 cm³/mol. The molecule has 0 atom stereocenters. The lowest BCUT2D eigenvalue weighted by Gasteiger charge is -2.07. The third kappa shape index (κ3) is 3.91. The zero-order valence-corrected chi connectivity index (χ0v) is 14.2. The molecule has 0 bridgehead atoms. The van der Waals surface area contributed by atoms with Gasteiger partial charge in [0.2, 0.25) is 10.0 Å². The summed E-state index contributed by atoms with van der Waals surface area (Å²) in [5.74, 6) is 0. The number of aryl methyl sites for hydroxylation is 1. The van der Waals surface area contributed by atoms with E-state index in [-0.39, 0.29) is 11.4 Å². The van der Waals surface area contributed by atoms with Crippen LogP contribution in [-0.2, 0) is 23.6 Å². The molecule has 1 N–H and O–H groups in total. The smallest absolute Gasteiger partial charge is 0.240 e. The predicted octanol–water partition coefficient (Wildman–Crippen LogP) is 1.83. The van der Waals surface area contributed by atoms with Crippen molar-refractivity contribution in [2.75, 3.05) is 0 Å². The van der Waals surface area contributed by atoms with Gasteiger partial charge in [-0.1, -0.05) is 6.07 Å². The van der Waals surface area contributed by atoms with Gasteiger partial charge in [-0.3, -0.25) is 9.67 Å². The van der Waals surface area contributed by atoms with E-state index in [1.165, 1.54) is 24.3 Å². The Morgan fingerprint density at radius 3 is 2.48 bits per heavy atom. The molecule has 0 unspecified atom stereocenters. The van der Waals surface area contributed by atoms with Crippen LogP contribution in [0.1, 0.15) is 11.1 Å². The van der Waals surface area contributed by atoms with Crippen LogP contribution in [0.2, 0.25) is 0 Å². The van der Waals surface area contributed by atoms with Crippen LogP contribution in [-0.4, -0.2) is 23.2 Å². The van der Waals surface area contributed by atoms with Gasteiger partial charge in [-0.05, 0) is 35.9 Å². The second-order valence-electron chi connectivity index (χ2n) is 5.42. The zero-order chi connectivity index (χ0) is 17.9. The van der Waals surface area contributed by atoms with Crippen molar-refractivity contribution in [1.29, 1.82) is 5.26 Å². The van der Waals surface area contributed by atoms with E-state index in [1.807, 2.05) is 31.4 Å². The third-order valence-electron chi connectivity index (χ3n) is 3.59. The number of pyridine rings is 1. The standard InChI is InChI=1S/C17H15N5O2S/c1-22-12-15(11-20-22)17-7-4-14(9-19-17)10-21-25(23,24)16-5-2-13(8-18)3-6-16/h2-7,9,11-12,21H,10H2,1H3. The Morgan fingerprint density at radius 1 is 1.16 bits per heavy atom. The molecule has 0 fully saturated rings. The van der Waals surface area contributed by atoms with E-state index in [2.05, 4.69) is 14.8 Å². The normalized spacial score (nSPS) is 11.2. The average molecular weight is 353 g/mol. The van der Waals surface area contributed by atoms with Gasteiger partial charge in [0.05, 0.1) is 28.4 Å². The molecule has 0 aliphatic rings. The molecule has 2 aromatic heterocycles. The molecule has 2 heterocycles. The summed E-state index contributed by atoms with van der Waals surface area (Å²) in [7, 11) is -1.81. The lowest BCUT2D eigenvalue weighted by molar-refractivity contribution is 0.581. The van der Waals surface area contributed by atoms with Gasteiger partial charge in [0.1, 0.15) is 0 Å². The van der Waals surface area contributed by atoms with Crippen LogP contribution in [0.5, 0.6) is 0 Å². The van der Waals surface area contributed by atoms with Crippen molar-refractivity contribution in [3.63, 3.8) is 0 Å². The monoisotopic (exact) mass is 353 g/mol. The van der Waals surface area contributed by atoms with Crippen LogP contribution in [0.25, 0.3) is 11.3 Å². The summed E-state index contributed by atoms with van der Waals surface area (Å²) in [4.78, 5) is 4.45. The van der Waals surface area contributed by atoms with Crippen LogP contribution in [0.3, 0.4) is 0 Å². The average Bonchev–Trinajstić information content (AvgIpc) is 3.07. The Balaban J connectivity index is 1.69. The molecule has 0 saturated carbocycles. The first kappa shape index (κ1) is 16.8. The minimum absolute atomic E-state index is 0.117. The fraction of sp³-hybridized carbons (Fsp3) is 0.118. The Kier molecular flexibility index (Phi) is 4.61. The molecule has 7 nitrogen and oxygen atoms in total. The van der Waals surface area contributed by atoms with E-state index >= 15 is 0 Å². The largest absolute Gasteiger partial charge is 0.275 e. The molecule has 8 heteroatoms. The third-order valence-corrected chi connectivity index (χ3v) is 5.00. The summed E-state index contributed by atoms with van der Waals surface area (Å²) < 4.78 is 28.8.